The van der Waals surface area contributed by atoms with Gasteiger partial charge in [0.15, 0.2) is 0 Å². The SMILES string of the molecule is CCCCC(N)C(=O)N(C)Cc1ccc(OC)cc1. The van der Waals surface area contributed by atoms with Crippen LogP contribution in [0, 0.1) is 0 Å². The van der Waals surface area contributed by atoms with Crippen LogP contribution in [-0.2, 0) is 11.3 Å². The smallest absolute Gasteiger partial charge is 0.239 e. The Morgan fingerprint density at radius 2 is 2.00 bits per heavy atom. The number of rotatable bonds is 7. The molecule has 0 aliphatic heterocycles. The van der Waals surface area contributed by atoms with Gasteiger partial charge >= 0.3 is 0 Å². The molecule has 4 heteroatoms. The molecule has 1 aromatic carbocycles. The van der Waals surface area contributed by atoms with E-state index in [2.05, 4.69) is 6.92 Å². The fourth-order valence-corrected chi connectivity index (χ4v) is 1.91. The topological polar surface area (TPSA) is 55.6 Å². The summed E-state index contributed by atoms with van der Waals surface area (Å²) < 4.78 is 5.10. The maximum Gasteiger partial charge on any atom is 0.239 e. The van der Waals surface area contributed by atoms with Crippen LogP contribution >= 0.6 is 0 Å². The highest BCUT2D eigenvalue weighted by Gasteiger charge is 2.17. The Labute approximate surface area is 115 Å². The minimum atomic E-state index is -0.386. The van der Waals surface area contributed by atoms with Gasteiger partial charge in [-0.2, -0.15) is 0 Å². The van der Waals surface area contributed by atoms with Crippen LogP contribution < -0.4 is 10.5 Å². The second-order valence-corrected chi connectivity index (χ2v) is 4.79. The summed E-state index contributed by atoms with van der Waals surface area (Å²) in [6.45, 7) is 2.67. The molecule has 19 heavy (non-hydrogen) atoms. The number of unbranched alkanes of at least 4 members (excludes halogenated alkanes) is 1. The standard InChI is InChI=1S/C15H24N2O2/c1-4-5-6-14(16)15(18)17(2)11-12-7-9-13(19-3)10-8-12/h7-10,14H,4-6,11,16H2,1-3H3. The summed E-state index contributed by atoms with van der Waals surface area (Å²) in [7, 11) is 3.43. The van der Waals surface area contributed by atoms with E-state index in [9.17, 15) is 4.79 Å². The van der Waals surface area contributed by atoms with E-state index >= 15 is 0 Å². The summed E-state index contributed by atoms with van der Waals surface area (Å²) in [5.41, 5.74) is 6.96. The van der Waals surface area contributed by atoms with Crippen LogP contribution in [0.25, 0.3) is 0 Å². The molecule has 0 radical (unpaired) electrons. The Morgan fingerprint density at radius 3 is 2.53 bits per heavy atom. The summed E-state index contributed by atoms with van der Waals surface area (Å²) in [4.78, 5) is 13.7. The second kappa shape index (κ2) is 7.79. The van der Waals surface area contributed by atoms with Crippen LogP contribution in [0.2, 0.25) is 0 Å². The molecule has 0 aromatic heterocycles. The molecule has 4 nitrogen and oxygen atoms in total. The highest BCUT2D eigenvalue weighted by atomic mass is 16.5. The molecule has 106 valence electrons. The van der Waals surface area contributed by atoms with Crippen LogP contribution in [0.1, 0.15) is 31.7 Å². The van der Waals surface area contributed by atoms with Gasteiger partial charge in [-0.1, -0.05) is 31.9 Å². The molecule has 0 saturated heterocycles. The van der Waals surface area contributed by atoms with Crippen LogP contribution in [0.4, 0.5) is 0 Å². The number of carbonyl (C=O) groups is 1. The Balaban J connectivity index is 2.52. The van der Waals surface area contributed by atoms with Gasteiger partial charge in [0.05, 0.1) is 13.2 Å². The highest BCUT2D eigenvalue weighted by Crippen LogP contribution is 2.13. The summed E-state index contributed by atoms with van der Waals surface area (Å²) in [6, 6.07) is 7.32. The number of methoxy groups -OCH3 is 1. The molecule has 0 aliphatic carbocycles. The molecule has 0 saturated carbocycles. The minimum Gasteiger partial charge on any atom is -0.497 e. The number of nitrogens with two attached hydrogens (primary N) is 1. The average molecular weight is 264 g/mol. The zero-order valence-corrected chi connectivity index (χ0v) is 12.1. The van der Waals surface area contributed by atoms with E-state index in [0.29, 0.717) is 6.54 Å². The lowest BCUT2D eigenvalue weighted by atomic mass is 10.1. The molecule has 1 aromatic rings. The normalized spacial score (nSPS) is 12.0. The average Bonchev–Trinajstić information content (AvgIpc) is 2.44. The summed E-state index contributed by atoms with van der Waals surface area (Å²) in [5.74, 6) is 0.821. The molecule has 1 unspecified atom stereocenters. The molecule has 0 aliphatic rings. The quantitative estimate of drug-likeness (QED) is 0.821. The van der Waals surface area contributed by atoms with Crippen LogP contribution in [0.3, 0.4) is 0 Å². The van der Waals surface area contributed by atoms with Gasteiger partial charge in [0.1, 0.15) is 5.75 Å². The molecular weight excluding hydrogens is 240 g/mol. The third-order valence-corrected chi connectivity index (χ3v) is 3.14. The third-order valence-electron chi connectivity index (χ3n) is 3.14. The van der Waals surface area contributed by atoms with Crippen molar-refractivity contribution >= 4 is 5.91 Å². The van der Waals surface area contributed by atoms with Gasteiger partial charge in [-0.15, -0.1) is 0 Å². The number of ether oxygens (including phenoxy) is 1. The van der Waals surface area contributed by atoms with Crippen molar-refractivity contribution in [1.82, 2.24) is 4.90 Å². The van der Waals surface area contributed by atoms with Gasteiger partial charge in [0.25, 0.3) is 0 Å². The predicted octanol–water partition coefficient (Wildman–Crippen LogP) is 2.17. The first-order valence-electron chi connectivity index (χ1n) is 6.72. The van der Waals surface area contributed by atoms with Gasteiger partial charge < -0.3 is 15.4 Å². The van der Waals surface area contributed by atoms with E-state index < -0.39 is 0 Å². The Morgan fingerprint density at radius 1 is 1.37 bits per heavy atom. The van der Waals surface area contributed by atoms with Crippen LogP contribution in [0.5, 0.6) is 5.75 Å². The summed E-state index contributed by atoms with van der Waals surface area (Å²) in [6.07, 6.45) is 2.80. The number of benzene rings is 1. The molecule has 0 heterocycles. The lowest BCUT2D eigenvalue weighted by Crippen LogP contribution is -2.41. The van der Waals surface area contributed by atoms with E-state index in [0.717, 1.165) is 30.6 Å². The minimum absolute atomic E-state index is 0.00395. The molecular formula is C15H24N2O2. The summed E-state index contributed by atoms with van der Waals surface area (Å²) in [5, 5.41) is 0. The van der Waals surface area contributed by atoms with Crippen molar-refractivity contribution in [3.8, 4) is 5.75 Å². The fraction of sp³-hybridized carbons (Fsp3) is 0.533. The second-order valence-electron chi connectivity index (χ2n) is 4.79. The number of amides is 1. The number of carbonyl (C=O) groups excluding carboxylic acids is 1. The lowest BCUT2D eigenvalue weighted by Gasteiger charge is -2.21. The molecule has 1 rings (SSSR count). The molecule has 1 atom stereocenters. The maximum absolute atomic E-state index is 12.1. The van der Waals surface area contributed by atoms with Crippen molar-refractivity contribution in [2.45, 2.75) is 38.8 Å². The van der Waals surface area contributed by atoms with E-state index in [1.54, 1.807) is 19.1 Å². The Kier molecular flexibility index (Phi) is 6.36. The third kappa shape index (κ3) is 4.91. The van der Waals surface area contributed by atoms with Gasteiger partial charge in [0.2, 0.25) is 5.91 Å². The van der Waals surface area contributed by atoms with E-state index in [1.165, 1.54) is 0 Å². The Bertz CT molecular complexity index is 390. The van der Waals surface area contributed by atoms with Gasteiger partial charge in [-0.3, -0.25) is 4.79 Å². The van der Waals surface area contributed by atoms with Crippen LogP contribution in [-0.4, -0.2) is 31.0 Å². The van der Waals surface area contributed by atoms with Crippen molar-refractivity contribution < 1.29 is 9.53 Å². The monoisotopic (exact) mass is 264 g/mol. The van der Waals surface area contributed by atoms with E-state index in [-0.39, 0.29) is 11.9 Å². The van der Waals surface area contributed by atoms with Crippen LogP contribution in [0.15, 0.2) is 24.3 Å². The first-order valence-corrected chi connectivity index (χ1v) is 6.72. The van der Waals surface area contributed by atoms with E-state index in [4.69, 9.17) is 10.5 Å². The van der Waals surface area contributed by atoms with Crippen molar-refractivity contribution in [3.05, 3.63) is 29.8 Å². The lowest BCUT2D eigenvalue weighted by molar-refractivity contribution is -0.132. The Hall–Kier alpha value is -1.55. The van der Waals surface area contributed by atoms with Gasteiger partial charge in [-0.05, 0) is 24.1 Å². The summed E-state index contributed by atoms with van der Waals surface area (Å²) >= 11 is 0. The van der Waals surface area contributed by atoms with Crippen molar-refractivity contribution in [1.29, 1.82) is 0 Å². The highest BCUT2D eigenvalue weighted by molar-refractivity contribution is 5.81. The molecule has 0 bridgehead atoms. The van der Waals surface area contributed by atoms with Crippen molar-refractivity contribution in [2.24, 2.45) is 5.73 Å². The number of likely N-dealkylation sites (N-methyl/N-ethyl adjacent to an activating group) is 1. The number of hydrogen-bond acceptors (Lipinski definition) is 3. The molecule has 1 amide bonds. The van der Waals surface area contributed by atoms with Gasteiger partial charge in [-0.25, -0.2) is 0 Å². The van der Waals surface area contributed by atoms with Crippen molar-refractivity contribution in [3.63, 3.8) is 0 Å². The maximum atomic E-state index is 12.1. The largest absolute Gasteiger partial charge is 0.497 e. The predicted molar refractivity (Wildman–Crippen MR) is 77.0 cm³/mol. The zero-order valence-electron chi connectivity index (χ0n) is 12.1. The molecule has 0 spiro atoms. The van der Waals surface area contributed by atoms with Gasteiger partial charge in [0, 0.05) is 13.6 Å². The number of hydrogen-bond donors (Lipinski definition) is 1. The first-order chi connectivity index (χ1) is 9.08. The van der Waals surface area contributed by atoms with Crippen molar-refractivity contribution in [2.75, 3.05) is 14.2 Å². The zero-order chi connectivity index (χ0) is 14.3. The molecule has 0 fully saturated rings. The first kappa shape index (κ1) is 15.5. The number of nitrogens with zero attached hydrogens (tertiary/aromatic N) is 1. The van der Waals surface area contributed by atoms with E-state index in [1.807, 2.05) is 24.3 Å². The molecule has 2 N–H and O–H groups in total. The fourth-order valence-electron chi connectivity index (χ4n) is 1.91.